The molecule has 0 aliphatic heterocycles. The topological polar surface area (TPSA) is 12.0 Å². The lowest BCUT2D eigenvalue weighted by molar-refractivity contribution is 0.209. The molecule has 1 heteroatoms. The summed E-state index contributed by atoms with van der Waals surface area (Å²) in [6.45, 7) is 3.52. The maximum Gasteiger partial charge on any atom is 0.0101 e. The molecule has 14 heavy (non-hydrogen) atoms. The van der Waals surface area contributed by atoms with Crippen molar-refractivity contribution in [3.05, 3.63) is 0 Å². The molecule has 0 spiro atoms. The molecule has 2 bridgehead atoms. The van der Waals surface area contributed by atoms with E-state index in [9.17, 15) is 0 Å². The quantitative estimate of drug-likeness (QED) is 0.727. The molecule has 3 rings (SSSR count). The van der Waals surface area contributed by atoms with Gasteiger partial charge < -0.3 is 5.32 Å². The molecule has 0 heterocycles. The van der Waals surface area contributed by atoms with Gasteiger partial charge in [0, 0.05) is 6.04 Å². The normalized spacial score (nSPS) is 49.9. The van der Waals surface area contributed by atoms with Gasteiger partial charge in [-0.15, -0.1) is 0 Å². The van der Waals surface area contributed by atoms with Gasteiger partial charge in [-0.1, -0.05) is 13.3 Å². The van der Waals surface area contributed by atoms with Crippen LogP contribution in [0.5, 0.6) is 0 Å². The van der Waals surface area contributed by atoms with Gasteiger partial charge in [0.1, 0.15) is 0 Å². The van der Waals surface area contributed by atoms with E-state index in [2.05, 4.69) is 12.2 Å². The standard InChI is InChI=1S/C13H23N/c1-2-6-14-13-8-9-7-12(13)11-5-3-4-10(9)11/h9-14H,2-8H2,1H3/t9-,10-,11+,12+,13-/m1/s1. The van der Waals surface area contributed by atoms with Gasteiger partial charge in [0.25, 0.3) is 0 Å². The van der Waals surface area contributed by atoms with Crippen molar-refractivity contribution in [1.29, 1.82) is 0 Å². The van der Waals surface area contributed by atoms with Crippen LogP contribution < -0.4 is 5.32 Å². The first-order chi connectivity index (χ1) is 6.90. The van der Waals surface area contributed by atoms with Crippen LogP contribution in [0.15, 0.2) is 0 Å². The fraction of sp³-hybridized carbons (Fsp3) is 1.00. The van der Waals surface area contributed by atoms with Gasteiger partial charge >= 0.3 is 0 Å². The molecule has 0 aromatic heterocycles. The zero-order chi connectivity index (χ0) is 9.54. The highest BCUT2D eigenvalue weighted by molar-refractivity contribution is 5.05. The number of hydrogen-bond acceptors (Lipinski definition) is 1. The zero-order valence-corrected chi connectivity index (χ0v) is 9.34. The number of hydrogen-bond donors (Lipinski definition) is 1. The molecule has 0 aromatic carbocycles. The SMILES string of the molecule is CCCN[C@@H]1C[C@H]2C[C@H]1[C@H]1CCC[C@H]21. The molecule has 3 aliphatic rings. The Morgan fingerprint density at radius 3 is 2.79 bits per heavy atom. The molecular formula is C13H23N. The van der Waals surface area contributed by atoms with Gasteiger partial charge in [-0.25, -0.2) is 0 Å². The molecule has 1 N–H and O–H groups in total. The van der Waals surface area contributed by atoms with Crippen LogP contribution in [-0.4, -0.2) is 12.6 Å². The molecule has 3 aliphatic carbocycles. The van der Waals surface area contributed by atoms with E-state index in [1.807, 2.05) is 0 Å². The van der Waals surface area contributed by atoms with Crippen molar-refractivity contribution in [1.82, 2.24) is 5.32 Å². The second-order valence-electron chi connectivity index (χ2n) is 5.71. The summed E-state index contributed by atoms with van der Waals surface area (Å²) in [5.74, 6) is 4.46. The number of rotatable bonds is 3. The molecule has 0 saturated heterocycles. The van der Waals surface area contributed by atoms with Crippen LogP contribution in [0, 0.1) is 23.7 Å². The maximum atomic E-state index is 3.78. The second-order valence-corrected chi connectivity index (χ2v) is 5.71. The monoisotopic (exact) mass is 193 g/mol. The van der Waals surface area contributed by atoms with Crippen molar-refractivity contribution in [2.45, 2.75) is 51.5 Å². The van der Waals surface area contributed by atoms with Crippen molar-refractivity contribution in [3.8, 4) is 0 Å². The van der Waals surface area contributed by atoms with Crippen LogP contribution in [0.2, 0.25) is 0 Å². The minimum atomic E-state index is 0.902. The van der Waals surface area contributed by atoms with E-state index in [0.717, 1.165) is 29.7 Å². The molecule has 0 amide bonds. The smallest absolute Gasteiger partial charge is 0.0101 e. The molecular weight excluding hydrogens is 170 g/mol. The first-order valence-corrected chi connectivity index (χ1v) is 6.63. The lowest BCUT2D eigenvalue weighted by Gasteiger charge is -2.32. The highest BCUT2D eigenvalue weighted by atomic mass is 14.9. The lowest BCUT2D eigenvalue weighted by Crippen LogP contribution is -2.39. The largest absolute Gasteiger partial charge is 0.314 e. The summed E-state index contributed by atoms with van der Waals surface area (Å²) >= 11 is 0. The predicted molar refractivity (Wildman–Crippen MR) is 59.1 cm³/mol. The molecule has 3 saturated carbocycles. The third kappa shape index (κ3) is 1.25. The molecule has 80 valence electrons. The van der Waals surface area contributed by atoms with E-state index in [1.165, 1.54) is 25.8 Å². The molecule has 1 nitrogen and oxygen atoms in total. The summed E-state index contributed by atoms with van der Waals surface area (Å²) in [7, 11) is 0. The Hall–Kier alpha value is -0.0400. The Labute approximate surface area is 87.7 Å². The fourth-order valence-corrected chi connectivity index (χ4v) is 4.63. The summed E-state index contributed by atoms with van der Waals surface area (Å²) in [5.41, 5.74) is 0. The van der Waals surface area contributed by atoms with E-state index in [4.69, 9.17) is 0 Å². The van der Waals surface area contributed by atoms with E-state index in [0.29, 0.717) is 0 Å². The van der Waals surface area contributed by atoms with Crippen LogP contribution in [0.1, 0.15) is 45.4 Å². The Kier molecular flexibility index (Phi) is 2.31. The first-order valence-electron chi connectivity index (χ1n) is 6.63. The zero-order valence-electron chi connectivity index (χ0n) is 9.34. The van der Waals surface area contributed by atoms with Gasteiger partial charge in [-0.05, 0) is 62.3 Å². The van der Waals surface area contributed by atoms with Crippen molar-refractivity contribution in [2.24, 2.45) is 23.7 Å². The third-order valence-electron chi connectivity index (χ3n) is 5.09. The van der Waals surface area contributed by atoms with E-state index < -0.39 is 0 Å². The highest BCUT2D eigenvalue weighted by Crippen LogP contribution is 2.58. The average Bonchev–Trinajstić information content (AvgIpc) is 2.85. The van der Waals surface area contributed by atoms with Crippen molar-refractivity contribution in [3.63, 3.8) is 0 Å². The highest BCUT2D eigenvalue weighted by Gasteiger charge is 2.53. The number of fused-ring (bicyclic) bond motifs is 5. The van der Waals surface area contributed by atoms with Crippen molar-refractivity contribution >= 4 is 0 Å². The van der Waals surface area contributed by atoms with E-state index in [-0.39, 0.29) is 0 Å². The van der Waals surface area contributed by atoms with Crippen LogP contribution in [0.4, 0.5) is 0 Å². The summed E-state index contributed by atoms with van der Waals surface area (Å²) in [5, 5.41) is 3.78. The van der Waals surface area contributed by atoms with Crippen molar-refractivity contribution < 1.29 is 0 Å². The van der Waals surface area contributed by atoms with Crippen LogP contribution >= 0.6 is 0 Å². The van der Waals surface area contributed by atoms with Gasteiger partial charge in [-0.2, -0.15) is 0 Å². The van der Waals surface area contributed by atoms with E-state index in [1.54, 1.807) is 19.3 Å². The predicted octanol–water partition coefficient (Wildman–Crippen LogP) is 2.81. The summed E-state index contributed by atoms with van der Waals surface area (Å²) in [6.07, 6.45) is 9.01. The van der Waals surface area contributed by atoms with Gasteiger partial charge in [0.2, 0.25) is 0 Å². The fourth-order valence-electron chi connectivity index (χ4n) is 4.63. The van der Waals surface area contributed by atoms with Gasteiger partial charge in [0.15, 0.2) is 0 Å². The Bertz CT molecular complexity index is 213. The summed E-state index contributed by atoms with van der Waals surface area (Å²) in [4.78, 5) is 0. The van der Waals surface area contributed by atoms with Crippen LogP contribution in [0.3, 0.4) is 0 Å². The van der Waals surface area contributed by atoms with Crippen LogP contribution in [0.25, 0.3) is 0 Å². The lowest BCUT2D eigenvalue weighted by atomic mass is 9.79. The Morgan fingerprint density at radius 2 is 1.93 bits per heavy atom. The summed E-state index contributed by atoms with van der Waals surface area (Å²) < 4.78 is 0. The van der Waals surface area contributed by atoms with Gasteiger partial charge in [-0.3, -0.25) is 0 Å². The molecule has 0 radical (unpaired) electrons. The van der Waals surface area contributed by atoms with Gasteiger partial charge in [0.05, 0.1) is 0 Å². The molecule has 3 fully saturated rings. The summed E-state index contributed by atoms with van der Waals surface area (Å²) in [6, 6.07) is 0.902. The van der Waals surface area contributed by atoms with Crippen molar-refractivity contribution in [2.75, 3.05) is 6.54 Å². The Morgan fingerprint density at radius 1 is 1.07 bits per heavy atom. The minimum Gasteiger partial charge on any atom is -0.314 e. The minimum absolute atomic E-state index is 0.902. The van der Waals surface area contributed by atoms with Crippen LogP contribution in [-0.2, 0) is 0 Å². The Balaban J connectivity index is 1.65. The molecule has 0 aromatic rings. The third-order valence-corrected chi connectivity index (χ3v) is 5.09. The molecule has 5 atom stereocenters. The second kappa shape index (κ2) is 3.52. The van der Waals surface area contributed by atoms with E-state index >= 15 is 0 Å². The number of nitrogens with one attached hydrogen (secondary N) is 1. The maximum absolute atomic E-state index is 3.78. The molecule has 0 unspecified atom stereocenters. The first kappa shape index (κ1) is 9.21. The average molecular weight is 193 g/mol.